The van der Waals surface area contributed by atoms with E-state index in [9.17, 15) is 9.90 Å². The lowest BCUT2D eigenvalue weighted by molar-refractivity contribution is 0.112. The fourth-order valence-electron chi connectivity index (χ4n) is 1.86. The van der Waals surface area contributed by atoms with Crippen LogP contribution in [0, 0.1) is 0 Å². The van der Waals surface area contributed by atoms with E-state index < -0.39 is 0 Å². The molecule has 4 heteroatoms. The Labute approximate surface area is 158 Å². The molecule has 0 spiro atoms. The Morgan fingerprint density at radius 2 is 1.38 bits per heavy atom. The molecule has 3 aromatic rings. The highest BCUT2D eigenvalue weighted by atomic mass is 16.3. The Kier molecular flexibility index (Phi) is 15.6. The van der Waals surface area contributed by atoms with Crippen LogP contribution >= 0.6 is 0 Å². The van der Waals surface area contributed by atoms with Gasteiger partial charge in [-0.15, -0.1) is 0 Å². The molecule has 0 aliphatic rings. The third kappa shape index (κ3) is 7.51. The van der Waals surface area contributed by atoms with E-state index in [1.165, 1.54) is 0 Å². The number of rotatable bonds is 2. The fraction of sp³-hybridized carbons (Fsp3) is 0.364. The van der Waals surface area contributed by atoms with Gasteiger partial charge in [0.1, 0.15) is 17.9 Å². The highest BCUT2D eigenvalue weighted by Crippen LogP contribution is 2.22. The molecule has 2 aromatic carbocycles. The number of phenolic OH excluding ortho intramolecular Hbond substituents is 1. The zero-order chi connectivity index (χ0) is 20.5. The molecule has 0 amide bonds. The number of benzene rings is 2. The summed E-state index contributed by atoms with van der Waals surface area (Å²) in [6.45, 7) is 16.0. The van der Waals surface area contributed by atoms with Crippen molar-refractivity contribution in [1.82, 2.24) is 9.97 Å². The Hall–Kier alpha value is -2.62. The molecule has 26 heavy (non-hydrogen) atoms. The van der Waals surface area contributed by atoms with Crippen molar-refractivity contribution in [2.24, 2.45) is 0 Å². The molecule has 1 aromatic heterocycles. The van der Waals surface area contributed by atoms with Gasteiger partial charge in [0.05, 0.1) is 11.0 Å². The molecule has 0 unspecified atom stereocenters. The summed E-state index contributed by atoms with van der Waals surface area (Å²) in [5.74, 6) is 0.936. The van der Waals surface area contributed by atoms with Crippen molar-refractivity contribution in [2.45, 2.75) is 55.4 Å². The van der Waals surface area contributed by atoms with E-state index in [-0.39, 0.29) is 5.75 Å². The quantitative estimate of drug-likeness (QED) is 0.492. The van der Waals surface area contributed by atoms with Gasteiger partial charge in [-0.25, -0.2) is 4.98 Å². The maximum atomic E-state index is 10.7. The molecule has 2 N–H and O–H groups in total. The molecule has 0 aliphatic carbocycles. The van der Waals surface area contributed by atoms with Gasteiger partial charge < -0.3 is 10.1 Å². The molecule has 0 radical (unpaired) electrons. The maximum absolute atomic E-state index is 10.7. The summed E-state index contributed by atoms with van der Waals surface area (Å²) < 4.78 is 0. The third-order valence-corrected chi connectivity index (χ3v) is 2.78. The van der Waals surface area contributed by atoms with Gasteiger partial charge in [-0.05, 0) is 42.5 Å². The topological polar surface area (TPSA) is 66.0 Å². The Bertz CT molecular complexity index is 717. The summed E-state index contributed by atoms with van der Waals surface area (Å²) >= 11 is 0. The zero-order valence-electron chi connectivity index (χ0n) is 17.4. The minimum absolute atomic E-state index is 0.220. The number of hydrogen-bond donors (Lipinski definition) is 2. The number of aldehydes is 1. The van der Waals surface area contributed by atoms with Gasteiger partial charge in [-0.2, -0.15) is 0 Å². The van der Waals surface area contributed by atoms with Gasteiger partial charge in [0.15, 0.2) is 0 Å². The van der Waals surface area contributed by atoms with Crippen LogP contribution < -0.4 is 0 Å². The van der Waals surface area contributed by atoms with Crippen molar-refractivity contribution >= 4 is 17.3 Å². The SMILES string of the molecule is CC.CC.CC.CC.O=Cc1ccc2nc(-c3ccc(O)cc3)[nH]c2c1. The minimum Gasteiger partial charge on any atom is -0.508 e. The molecule has 0 aliphatic heterocycles. The lowest BCUT2D eigenvalue weighted by Crippen LogP contribution is -1.79. The van der Waals surface area contributed by atoms with Gasteiger partial charge >= 0.3 is 0 Å². The Morgan fingerprint density at radius 3 is 1.88 bits per heavy atom. The van der Waals surface area contributed by atoms with Crippen LogP contribution in [0.25, 0.3) is 22.4 Å². The zero-order valence-corrected chi connectivity index (χ0v) is 17.4. The molecular weight excluding hydrogens is 324 g/mol. The molecule has 0 saturated heterocycles. The lowest BCUT2D eigenvalue weighted by atomic mass is 10.2. The molecule has 3 rings (SSSR count). The summed E-state index contributed by atoms with van der Waals surface area (Å²) in [4.78, 5) is 18.3. The van der Waals surface area contributed by atoms with Crippen molar-refractivity contribution in [3.05, 3.63) is 48.0 Å². The molecule has 144 valence electrons. The monoisotopic (exact) mass is 358 g/mol. The predicted octanol–water partition coefficient (Wildman–Crippen LogP) is 6.85. The van der Waals surface area contributed by atoms with Crippen LogP contribution in [0.15, 0.2) is 42.5 Å². The van der Waals surface area contributed by atoms with Crippen molar-refractivity contribution in [3.63, 3.8) is 0 Å². The van der Waals surface area contributed by atoms with E-state index in [2.05, 4.69) is 9.97 Å². The Morgan fingerprint density at radius 1 is 0.846 bits per heavy atom. The van der Waals surface area contributed by atoms with Gasteiger partial charge in [0.2, 0.25) is 0 Å². The van der Waals surface area contributed by atoms with Gasteiger partial charge in [-0.1, -0.05) is 55.4 Å². The number of carbonyl (C=O) groups is 1. The van der Waals surface area contributed by atoms with Crippen molar-refractivity contribution < 1.29 is 9.90 Å². The lowest BCUT2D eigenvalue weighted by Gasteiger charge is -1.95. The van der Waals surface area contributed by atoms with E-state index >= 15 is 0 Å². The van der Waals surface area contributed by atoms with Crippen molar-refractivity contribution in [2.75, 3.05) is 0 Å². The average molecular weight is 359 g/mol. The van der Waals surface area contributed by atoms with Gasteiger partial charge in [0, 0.05) is 11.1 Å². The fourth-order valence-corrected chi connectivity index (χ4v) is 1.86. The second-order valence-electron chi connectivity index (χ2n) is 4.03. The first-order valence-corrected chi connectivity index (χ1v) is 9.50. The molecule has 1 heterocycles. The first kappa shape index (κ1) is 25.6. The molecule has 0 fully saturated rings. The number of aromatic hydroxyl groups is 1. The van der Waals surface area contributed by atoms with Crippen LogP contribution in [0.5, 0.6) is 5.75 Å². The molecule has 4 nitrogen and oxygen atoms in total. The van der Waals surface area contributed by atoms with E-state index in [1.54, 1.807) is 42.5 Å². The van der Waals surface area contributed by atoms with Crippen molar-refractivity contribution in [3.8, 4) is 17.1 Å². The molecular formula is C22H34N2O2. The number of H-pyrrole nitrogens is 1. The van der Waals surface area contributed by atoms with Crippen LogP contribution in [0.3, 0.4) is 0 Å². The van der Waals surface area contributed by atoms with Crippen LogP contribution in [0.1, 0.15) is 65.7 Å². The smallest absolute Gasteiger partial charge is 0.150 e. The summed E-state index contributed by atoms with van der Waals surface area (Å²) in [6, 6.07) is 12.1. The summed E-state index contributed by atoms with van der Waals surface area (Å²) in [6.07, 6.45) is 0.806. The first-order valence-electron chi connectivity index (χ1n) is 9.50. The summed E-state index contributed by atoms with van der Waals surface area (Å²) in [5, 5.41) is 9.24. The number of imidazole rings is 1. The van der Waals surface area contributed by atoms with Gasteiger partial charge in [-0.3, -0.25) is 4.79 Å². The van der Waals surface area contributed by atoms with E-state index in [1.807, 2.05) is 55.4 Å². The number of aromatic nitrogens is 2. The standard InChI is InChI=1S/C14H10N2O2.4C2H6/c17-8-9-1-6-12-13(7-9)16-14(15-12)10-2-4-11(18)5-3-10;4*1-2/h1-8,18H,(H,15,16);4*1-2H3. The maximum Gasteiger partial charge on any atom is 0.150 e. The average Bonchev–Trinajstić information content (AvgIpc) is 3.17. The number of nitrogens with one attached hydrogen (secondary N) is 1. The summed E-state index contributed by atoms with van der Waals surface area (Å²) in [5.41, 5.74) is 3.13. The highest BCUT2D eigenvalue weighted by molar-refractivity contribution is 5.86. The number of nitrogens with zero attached hydrogens (tertiary/aromatic N) is 1. The minimum atomic E-state index is 0.220. The molecule has 0 bridgehead atoms. The van der Waals surface area contributed by atoms with Crippen LogP contribution in [-0.4, -0.2) is 21.4 Å². The number of hydrogen-bond acceptors (Lipinski definition) is 3. The van der Waals surface area contributed by atoms with Crippen molar-refractivity contribution in [1.29, 1.82) is 0 Å². The number of aromatic amines is 1. The van der Waals surface area contributed by atoms with Crippen LogP contribution in [0.2, 0.25) is 0 Å². The highest BCUT2D eigenvalue weighted by Gasteiger charge is 2.05. The number of phenols is 1. The summed E-state index contributed by atoms with van der Waals surface area (Å²) in [7, 11) is 0. The normalized spacial score (nSPS) is 8.31. The van der Waals surface area contributed by atoms with Gasteiger partial charge in [0.25, 0.3) is 0 Å². The number of fused-ring (bicyclic) bond motifs is 1. The molecule has 0 atom stereocenters. The Balaban J connectivity index is 0. The van der Waals surface area contributed by atoms with Crippen LogP contribution in [-0.2, 0) is 0 Å². The predicted molar refractivity (Wildman–Crippen MR) is 114 cm³/mol. The van der Waals surface area contributed by atoms with Crippen LogP contribution in [0.4, 0.5) is 0 Å². The largest absolute Gasteiger partial charge is 0.508 e. The molecule has 0 saturated carbocycles. The van der Waals surface area contributed by atoms with E-state index in [0.29, 0.717) is 11.4 Å². The van der Waals surface area contributed by atoms with E-state index in [4.69, 9.17) is 0 Å². The first-order chi connectivity index (χ1) is 12.8. The number of carbonyl (C=O) groups excluding carboxylic acids is 1. The van der Waals surface area contributed by atoms with E-state index in [0.717, 1.165) is 22.9 Å². The third-order valence-electron chi connectivity index (χ3n) is 2.78. The second-order valence-corrected chi connectivity index (χ2v) is 4.03. The second kappa shape index (κ2) is 15.9.